The van der Waals surface area contributed by atoms with E-state index in [-0.39, 0.29) is 28.3 Å². The van der Waals surface area contributed by atoms with Crippen LogP contribution in [0.4, 0.5) is 0 Å². The van der Waals surface area contributed by atoms with Crippen LogP contribution in [0.2, 0.25) is 0 Å². The molecule has 0 unspecified atom stereocenters. The van der Waals surface area contributed by atoms with Crippen LogP contribution >= 0.6 is 0 Å². The molecule has 0 aliphatic rings. The van der Waals surface area contributed by atoms with Crippen LogP contribution in [0.1, 0.15) is 6.92 Å². The zero-order valence-corrected chi connectivity index (χ0v) is 6.57. The summed E-state index contributed by atoms with van der Waals surface area (Å²) in [6, 6.07) is 0. The Morgan fingerprint density at radius 3 is 2.38 bits per heavy atom. The molecular formula is C4H6AgNOS. The average molecular weight is 224 g/mol. The molecule has 0 spiro atoms. The van der Waals surface area contributed by atoms with Crippen LogP contribution in [0.25, 0.3) is 0 Å². The maximum Gasteiger partial charge on any atom is 1.00 e. The topological polar surface area (TPSA) is 29.1 Å². The van der Waals surface area contributed by atoms with Gasteiger partial charge < -0.3 is 17.9 Å². The summed E-state index contributed by atoms with van der Waals surface area (Å²) < 4.78 is 0. The van der Waals surface area contributed by atoms with E-state index >= 15 is 0 Å². The monoisotopic (exact) mass is 223 g/mol. The summed E-state index contributed by atoms with van der Waals surface area (Å²) in [6.45, 7) is 1.43. The molecule has 50 valence electrons. The van der Waals surface area contributed by atoms with E-state index < -0.39 is 0 Å². The number of carbonyl (C=O) groups excluding carboxylic acids is 1. The molecule has 0 heterocycles. The molecule has 0 aromatic heterocycles. The predicted octanol–water partition coefficient (Wildman–Crippen LogP) is 0.138. The largest absolute Gasteiger partial charge is 1.00 e. The van der Waals surface area contributed by atoms with Gasteiger partial charge in [-0.3, -0.25) is 4.79 Å². The second-order valence-corrected chi connectivity index (χ2v) is 1.28. The molecule has 2 nitrogen and oxygen atoms in total. The Bertz CT molecular complexity index is 94.0. The van der Waals surface area contributed by atoms with E-state index in [1.165, 1.54) is 18.5 Å². The van der Waals surface area contributed by atoms with Crippen molar-refractivity contribution in [2.75, 3.05) is 0 Å². The number of hydrogen-bond donors (Lipinski definition) is 1. The van der Waals surface area contributed by atoms with Crippen molar-refractivity contribution in [2.24, 2.45) is 0 Å². The molecule has 1 amide bonds. The quantitative estimate of drug-likeness (QED) is 0.507. The van der Waals surface area contributed by atoms with E-state index in [1.807, 2.05) is 0 Å². The van der Waals surface area contributed by atoms with Gasteiger partial charge in [0.2, 0.25) is 5.91 Å². The molecule has 8 heavy (non-hydrogen) atoms. The molecule has 0 atom stereocenters. The fourth-order valence-electron chi connectivity index (χ4n) is 0.151. The summed E-state index contributed by atoms with van der Waals surface area (Å²) in [5.41, 5.74) is 0. The third-order valence-corrected chi connectivity index (χ3v) is 0.491. The first-order chi connectivity index (χ1) is 3.27. The molecule has 0 bridgehead atoms. The molecule has 4 heteroatoms. The van der Waals surface area contributed by atoms with E-state index in [0.717, 1.165) is 0 Å². The summed E-state index contributed by atoms with van der Waals surface area (Å²) in [5.74, 6) is -0.0962. The Hall–Kier alpha value is 0.170. The Kier molecular flexibility index (Phi) is 9.89. The molecule has 0 saturated heterocycles. The van der Waals surface area contributed by atoms with Crippen LogP contribution in [0.3, 0.4) is 0 Å². The van der Waals surface area contributed by atoms with Gasteiger partial charge in [-0.1, -0.05) is 0 Å². The van der Waals surface area contributed by atoms with Gasteiger partial charge in [-0.25, -0.2) is 0 Å². The van der Waals surface area contributed by atoms with Gasteiger partial charge >= 0.3 is 22.4 Å². The van der Waals surface area contributed by atoms with E-state index in [0.29, 0.717) is 0 Å². The minimum Gasteiger partial charge on any atom is -0.786 e. The van der Waals surface area contributed by atoms with E-state index in [1.54, 1.807) is 0 Å². The smallest absolute Gasteiger partial charge is 0.786 e. The van der Waals surface area contributed by atoms with Crippen molar-refractivity contribution in [2.45, 2.75) is 6.92 Å². The van der Waals surface area contributed by atoms with Gasteiger partial charge in [0.1, 0.15) is 0 Å². The number of rotatable bonds is 1. The van der Waals surface area contributed by atoms with Gasteiger partial charge in [0, 0.05) is 6.92 Å². The van der Waals surface area contributed by atoms with Crippen LogP contribution in [-0.4, -0.2) is 5.91 Å². The minimum absolute atomic E-state index is 0. The molecule has 0 saturated carbocycles. The zero-order chi connectivity index (χ0) is 5.70. The third-order valence-electron chi connectivity index (χ3n) is 0.355. The Morgan fingerprint density at radius 2 is 2.25 bits per heavy atom. The molecule has 0 fully saturated rings. The number of hydrogen-bond acceptors (Lipinski definition) is 2. The van der Waals surface area contributed by atoms with Crippen molar-refractivity contribution in [3.05, 3.63) is 11.6 Å². The maximum absolute atomic E-state index is 9.99. The molecule has 0 aromatic rings. The molecular weight excluding hydrogens is 218 g/mol. The van der Waals surface area contributed by atoms with Crippen molar-refractivity contribution in [3.63, 3.8) is 0 Å². The van der Waals surface area contributed by atoms with Crippen molar-refractivity contribution < 1.29 is 27.2 Å². The first-order valence-corrected chi connectivity index (χ1v) is 2.28. The van der Waals surface area contributed by atoms with Gasteiger partial charge in [-0.15, -0.1) is 0 Å². The molecule has 0 rings (SSSR count). The average Bonchev–Trinajstić information content (AvgIpc) is 1.61. The molecule has 0 aliphatic carbocycles. The normalized spacial score (nSPS) is 8.12. The molecule has 1 N–H and O–H groups in total. The van der Waals surface area contributed by atoms with Crippen molar-refractivity contribution >= 4 is 18.5 Å². The van der Waals surface area contributed by atoms with E-state index in [2.05, 4.69) is 17.9 Å². The summed E-state index contributed by atoms with van der Waals surface area (Å²) >= 11 is 4.38. The summed E-state index contributed by atoms with van der Waals surface area (Å²) in [5, 5.41) is 3.72. The predicted molar refractivity (Wildman–Crippen MR) is 30.3 cm³/mol. The second kappa shape index (κ2) is 7.17. The molecule has 0 radical (unpaired) electrons. The first-order valence-electron chi connectivity index (χ1n) is 1.81. The SMILES string of the molecule is CC(=O)N/C=C\[S-].[Ag+]. The van der Waals surface area contributed by atoms with E-state index in [9.17, 15) is 4.79 Å². The van der Waals surface area contributed by atoms with Crippen LogP contribution in [0, 0.1) is 0 Å². The van der Waals surface area contributed by atoms with Gasteiger partial charge in [-0.2, -0.15) is 5.41 Å². The standard InChI is InChI=1S/C4H7NOS.Ag/c1-4(6)5-2-3-7;/h2-3,7H,1H3,(H,5,6);/q;+1/p-1/b3-2-;. The summed E-state index contributed by atoms with van der Waals surface area (Å²) in [4.78, 5) is 9.99. The number of nitrogens with one attached hydrogen (secondary N) is 1. The maximum atomic E-state index is 9.99. The fraction of sp³-hybridized carbons (Fsp3) is 0.250. The van der Waals surface area contributed by atoms with Gasteiger partial charge in [-0.05, 0) is 6.20 Å². The minimum atomic E-state index is -0.0962. The van der Waals surface area contributed by atoms with Crippen LogP contribution in [0.5, 0.6) is 0 Å². The van der Waals surface area contributed by atoms with Crippen LogP contribution in [-0.2, 0) is 39.8 Å². The number of amides is 1. The summed E-state index contributed by atoms with van der Waals surface area (Å²) in [6.07, 6.45) is 1.41. The van der Waals surface area contributed by atoms with Gasteiger partial charge in [0.25, 0.3) is 0 Å². The van der Waals surface area contributed by atoms with Gasteiger partial charge in [0.15, 0.2) is 0 Å². The first kappa shape index (κ1) is 11.0. The van der Waals surface area contributed by atoms with E-state index in [4.69, 9.17) is 0 Å². The Labute approximate surface area is 69.6 Å². The van der Waals surface area contributed by atoms with Crippen molar-refractivity contribution in [1.29, 1.82) is 0 Å². The second-order valence-electron chi connectivity index (χ2n) is 1.00. The van der Waals surface area contributed by atoms with Crippen LogP contribution < -0.4 is 5.32 Å². The molecule has 0 aromatic carbocycles. The number of carbonyl (C=O) groups is 1. The molecule has 0 aliphatic heterocycles. The van der Waals surface area contributed by atoms with Crippen molar-refractivity contribution in [1.82, 2.24) is 5.32 Å². The van der Waals surface area contributed by atoms with Gasteiger partial charge in [0.05, 0.1) is 0 Å². The fourth-order valence-corrected chi connectivity index (χ4v) is 0.219. The van der Waals surface area contributed by atoms with Crippen molar-refractivity contribution in [3.8, 4) is 0 Å². The van der Waals surface area contributed by atoms with Crippen LogP contribution in [0.15, 0.2) is 11.6 Å². The summed E-state index contributed by atoms with van der Waals surface area (Å²) in [7, 11) is 0. The Balaban J connectivity index is 0. The third kappa shape index (κ3) is 9.48. The Morgan fingerprint density at radius 1 is 1.75 bits per heavy atom. The zero-order valence-electron chi connectivity index (χ0n) is 4.27.